The predicted octanol–water partition coefficient (Wildman–Crippen LogP) is 3.41. The fourth-order valence-corrected chi connectivity index (χ4v) is 2.34. The second-order valence-corrected chi connectivity index (χ2v) is 5.98. The Balaban J connectivity index is 1.84. The molecule has 0 aromatic heterocycles. The molecule has 2 aromatic rings. The van der Waals surface area contributed by atoms with Gasteiger partial charge in [0.2, 0.25) is 0 Å². The van der Waals surface area contributed by atoms with Gasteiger partial charge < -0.3 is 19.5 Å². The lowest BCUT2D eigenvalue weighted by molar-refractivity contribution is -0.155. The molecular formula is C18H18BrNO5. The lowest BCUT2D eigenvalue weighted by Gasteiger charge is -2.15. The molecule has 1 atom stereocenters. The maximum Gasteiger partial charge on any atom is 0.344 e. The topological polar surface area (TPSA) is 73.9 Å². The van der Waals surface area contributed by atoms with Crippen molar-refractivity contribution in [2.24, 2.45) is 0 Å². The van der Waals surface area contributed by atoms with Crippen molar-refractivity contribution in [1.29, 1.82) is 0 Å². The molecule has 0 unspecified atom stereocenters. The van der Waals surface area contributed by atoms with Crippen LogP contribution in [0.2, 0.25) is 0 Å². The van der Waals surface area contributed by atoms with Gasteiger partial charge in [-0.2, -0.15) is 0 Å². The number of carbonyl (C=O) groups excluding carboxylic acids is 2. The summed E-state index contributed by atoms with van der Waals surface area (Å²) in [5.41, 5.74) is 0.503. The van der Waals surface area contributed by atoms with E-state index in [2.05, 4.69) is 21.2 Å². The van der Waals surface area contributed by atoms with Crippen molar-refractivity contribution in [1.82, 2.24) is 0 Å². The minimum atomic E-state index is -0.969. The van der Waals surface area contributed by atoms with E-state index in [4.69, 9.17) is 14.2 Å². The van der Waals surface area contributed by atoms with Crippen molar-refractivity contribution in [3.8, 4) is 11.5 Å². The van der Waals surface area contributed by atoms with Gasteiger partial charge in [-0.15, -0.1) is 0 Å². The standard InChI is InChI=1S/C18H18BrNO5/c1-12(18(22)20-15-8-3-4-9-16(15)23-2)25-17(21)11-24-14-7-5-6-13(19)10-14/h3-10,12H,11H2,1-2H3,(H,20,22)/t12-/m1/s1. The number of carbonyl (C=O) groups is 2. The monoisotopic (exact) mass is 407 g/mol. The number of rotatable bonds is 7. The molecule has 1 amide bonds. The highest BCUT2D eigenvalue weighted by Gasteiger charge is 2.19. The molecule has 7 heteroatoms. The van der Waals surface area contributed by atoms with E-state index in [1.165, 1.54) is 14.0 Å². The van der Waals surface area contributed by atoms with Crippen molar-refractivity contribution in [3.63, 3.8) is 0 Å². The largest absolute Gasteiger partial charge is 0.495 e. The number of para-hydroxylation sites is 2. The smallest absolute Gasteiger partial charge is 0.344 e. The average molecular weight is 408 g/mol. The zero-order valence-electron chi connectivity index (χ0n) is 13.8. The van der Waals surface area contributed by atoms with E-state index in [-0.39, 0.29) is 6.61 Å². The molecule has 0 bridgehead atoms. The quantitative estimate of drug-likeness (QED) is 0.711. The number of hydrogen-bond acceptors (Lipinski definition) is 5. The first kappa shape index (κ1) is 18.8. The number of ether oxygens (including phenoxy) is 3. The van der Waals surface area contributed by atoms with Gasteiger partial charge in [0.15, 0.2) is 12.7 Å². The minimum absolute atomic E-state index is 0.289. The Bertz CT molecular complexity index is 750. The first-order chi connectivity index (χ1) is 12.0. The molecule has 6 nitrogen and oxygen atoms in total. The van der Waals surface area contributed by atoms with E-state index in [1.54, 1.807) is 42.5 Å². The van der Waals surface area contributed by atoms with Crippen LogP contribution in [0, 0.1) is 0 Å². The molecule has 2 aromatic carbocycles. The SMILES string of the molecule is COc1ccccc1NC(=O)[C@@H](C)OC(=O)COc1cccc(Br)c1. The third-order valence-electron chi connectivity index (χ3n) is 3.20. The van der Waals surface area contributed by atoms with E-state index in [9.17, 15) is 9.59 Å². The molecule has 1 N–H and O–H groups in total. The summed E-state index contributed by atoms with van der Waals surface area (Å²) in [6, 6.07) is 14.0. The maximum absolute atomic E-state index is 12.1. The number of hydrogen-bond donors (Lipinski definition) is 1. The van der Waals surface area contributed by atoms with E-state index in [1.807, 2.05) is 6.07 Å². The van der Waals surface area contributed by atoms with Crippen LogP contribution >= 0.6 is 15.9 Å². The number of nitrogens with one attached hydrogen (secondary N) is 1. The van der Waals surface area contributed by atoms with Crippen LogP contribution in [-0.2, 0) is 14.3 Å². The zero-order chi connectivity index (χ0) is 18.2. The summed E-state index contributed by atoms with van der Waals surface area (Å²) < 4.78 is 16.4. The first-order valence-electron chi connectivity index (χ1n) is 7.51. The summed E-state index contributed by atoms with van der Waals surface area (Å²) >= 11 is 3.31. The molecule has 0 aliphatic rings. The fraction of sp³-hybridized carbons (Fsp3) is 0.222. The molecule has 0 saturated carbocycles. The number of amides is 1. The van der Waals surface area contributed by atoms with Crippen LogP contribution in [0.1, 0.15) is 6.92 Å². The summed E-state index contributed by atoms with van der Waals surface area (Å²) in [6.07, 6.45) is -0.969. The van der Waals surface area contributed by atoms with Crippen LogP contribution in [0.5, 0.6) is 11.5 Å². The highest BCUT2D eigenvalue weighted by molar-refractivity contribution is 9.10. The number of benzene rings is 2. The molecule has 0 aliphatic heterocycles. The molecule has 0 spiro atoms. The van der Waals surface area contributed by atoms with Crippen LogP contribution in [0.15, 0.2) is 53.0 Å². The molecule has 132 valence electrons. The van der Waals surface area contributed by atoms with Crippen molar-refractivity contribution in [2.45, 2.75) is 13.0 Å². The highest BCUT2D eigenvalue weighted by Crippen LogP contribution is 2.23. The van der Waals surface area contributed by atoms with Gasteiger partial charge in [0.1, 0.15) is 11.5 Å². The normalized spacial score (nSPS) is 11.3. The van der Waals surface area contributed by atoms with Crippen molar-refractivity contribution < 1.29 is 23.8 Å². The lowest BCUT2D eigenvalue weighted by atomic mass is 10.2. The van der Waals surface area contributed by atoms with E-state index in [0.29, 0.717) is 17.2 Å². The molecule has 0 fully saturated rings. The number of halogens is 1. The molecule has 2 rings (SSSR count). The molecule has 0 heterocycles. The summed E-state index contributed by atoms with van der Waals surface area (Å²) in [4.78, 5) is 24.0. The second kappa shape index (κ2) is 9.08. The fourth-order valence-electron chi connectivity index (χ4n) is 1.97. The minimum Gasteiger partial charge on any atom is -0.495 e. The van der Waals surface area contributed by atoms with E-state index < -0.39 is 18.0 Å². The molecular weight excluding hydrogens is 390 g/mol. The lowest BCUT2D eigenvalue weighted by Crippen LogP contribution is -2.31. The number of methoxy groups -OCH3 is 1. The Morgan fingerprint density at radius 3 is 2.64 bits per heavy atom. The maximum atomic E-state index is 12.1. The first-order valence-corrected chi connectivity index (χ1v) is 8.30. The molecule has 25 heavy (non-hydrogen) atoms. The zero-order valence-corrected chi connectivity index (χ0v) is 15.4. The number of anilines is 1. The van der Waals surface area contributed by atoms with Gasteiger partial charge in [0.25, 0.3) is 5.91 Å². The van der Waals surface area contributed by atoms with Gasteiger partial charge in [0.05, 0.1) is 12.8 Å². The summed E-state index contributed by atoms with van der Waals surface area (Å²) in [5, 5.41) is 2.66. The third kappa shape index (κ3) is 5.79. The van der Waals surface area contributed by atoms with Crippen molar-refractivity contribution in [3.05, 3.63) is 53.0 Å². The predicted molar refractivity (Wildman–Crippen MR) is 96.8 cm³/mol. The third-order valence-corrected chi connectivity index (χ3v) is 3.69. The summed E-state index contributed by atoms with van der Waals surface area (Å²) in [7, 11) is 1.51. The molecule has 0 aliphatic carbocycles. The summed E-state index contributed by atoms with van der Waals surface area (Å²) in [5.74, 6) is -0.0484. The van der Waals surface area contributed by atoms with Gasteiger partial charge in [-0.1, -0.05) is 34.1 Å². The average Bonchev–Trinajstić information content (AvgIpc) is 2.60. The Morgan fingerprint density at radius 2 is 1.92 bits per heavy atom. The van der Waals surface area contributed by atoms with Crippen LogP contribution in [-0.4, -0.2) is 31.7 Å². The second-order valence-electron chi connectivity index (χ2n) is 5.07. The van der Waals surface area contributed by atoms with Crippen molar-refractivity contribution in [2.75, 3.05) is 19.0 Å². The number of esters is 1. The van der Waals surface area contributed by atoms with E-state index >= 15 is 0 Å². The summed E-state index contributed by atoms with van der Waals surface area (Å²) in [6.45, 7) is 1.20. The van der Waals surface area contributed by atoms with Gasteiger partial charge >= 0.3 is 5.97 Å². The van der Waals surface area contributed by atoms with E-state index in [0.717, 1.165) is 4.47 Å². The Hall–Kier alpha value is -2.54. The Labute approximate surface area is 154 Å². The van der Waals surface area contributed by atoms with Gasteiger partial charge in [-0.25, -0.2) is 4.79 Å². The van der Waals surface area contributed by atoms with Crippen LogP contribution in [0.4, 0.5) is 5.69 Å². The van der Waals surface area contributed by atoms with Gasteiger partial charge in [0, 0.05) is 4.47 Å². The highest BCUT2D eigenvalue weighted by atomic mass is 79.9. The van der Waals surface area contributed by atoms with Crippen LogP contribution in [0.25, 0.3) is 0 Å². The van der Waals surface area contributed by atoms with Crippen LogP contribution < -0.4 is 14.8 Å². The molecule has 0 saturated heterocycles. The van der Waals surface area contributed by atoms with Crippen molar-refractivity contribution >= 4 is 33.5 Å². The Kier molecular flexibility index (Phi) is 6.82. The van der Waals surface area contributed by atoms with Crippen LogP contribution in [0.3, 0.4) is 0 Å². The van der Waals surface area contributed by atoms with Gasteiger partial charge in [-0.05, 0) is 37.3 Å². The Morgan fingerprint density at radius 1 is 1.16 bits per heavy atom. The molecule has 0 radical (unpaired) electrons. The van der Waals surface area contributed by atoms with Gasteiger partial charge in [-0.3, -0.25) is 4.79 Å².